The molecular weight excluding hydrogens is 402 g/mol. The highest BCUT2D eigenvalue weighted by Gasteiger charge is 2.40. The van der Waals surface area contributed by atoms with E-state index in [1.807, 2.05) is 26.0 Å². The van der Waals surface area contributed by atoms with E-state index < -0.39 is 0 Å². The second-order valence-electron chi connectivity index (χ2n) is 8.61. The lowest BCUT2D eigenvalue weighted by Gasteiger charge is -2.36. The Kier molecular flexibility index (Phi) is 6.37. The minimum Gasteiger partial charge on any atom is -0.325 e. The molecule has 4 rings (SSSR count). The van der Waals surface area contributed by atoms with E-state index in [2.05, 4.69) is 23.3 Å². The molecule has 2 N–H and O–H groups in total. The van der Waals surface area contributed by atoms with Gasteiger partial charge in [0.15, 0.2) is 5.78 Å². The maximum absolute atomic E-state index is 13.4. The molecule has 0 saturated heterocycles. The van der Waals surface area contributed by atoms with Crippen LogP contribution < -0.4 is 10.6 Å². The number of nitrogens with zero attached hydrogens (tertiary/aromatic N) is 3. The van der Waals surface area contributed by atoms with E-state index in [-0.39, 0.29) is 23.3 Å². The number of hydrogen-bond donors (Lipinski definition) is 2. The molecule has 1 aromatic heterocycles. The van der Waals surface area contributed by atoms with Crippen LogP contribution in [0.1, 0.15) is 57.7 Å². The second-order valence-corrected chi connectivity index (χ2v) is 8.61. The van der Waals surface area contributed by atoms with Crippen molar-refractivity contribution in [2.45, 2.75) is 65.5 Å². The Bertz CT molecular complexity index is 1060. The number of anilines is 1. The van der Waals surface area contributed by atoms with Gasteiger partial charge in [-0.2, -0.15) is 0 Å². The molecule has 1 fully saturated rings. The van der Waals surface area contributed by atoms with Crippen LogP contribution in [0.25, 0.3) is 0 Å². The summed E-state index contributed by atoms with van der Waals surface area (Å²) in [5, 5.41) is 6.54. The van der Waals surface area contributed by atoms with E-state index in [0.29, 0.717) is 23.0 Å². The first kappa shape index (κ1) is 22.1. The Morgan fingerprint density at radius 1 is 1.34 bits per heavy atom. The fraction of sp³-hybridized carbons (Fsp3) is 0.440. The summed E-state index contributed by atoms with van der Waals surface area (Å²) in [7, 11) is 0. The van der Waals surface area contributed by atoms with Crippen molar-refractivity contribution >= 4 is 23.3 Å². The lowest BCUT2D eigenvalue weighted by atomic mass is 9.90. The van der Waals surface area contributed by atoms with Crippen molar-refractivity contribution in [1.82, 2.24) is 15.2 Å². The molecule has 0 radical (unpaired) electrons. The van der Waals surface area contributed by atoms with E-state index in [1.165, 1.54) is 12.5 Å². The summed E-state index contributed by atoms with van der Waals surface area (Å²) in [6.07, 6.45) is 6.76. The molecule has 0 aromatic carbocycles. The number of allylic oxidation sites excluding steroid dienone is 1. The van der Waals surface area contributed by atoms with Crippen molar-refractivity contribution in [2.75, 3.05) is 11.9 Å². The third-order valence-corrected chi connectivity index (χ3v) is 6.45. The molecule has 32 heavy (non-hydrogen) atoms. The molecule has 0 bridgehead atoms. The van der Waals surface area contributed by atoms with Gasteiger partial charge < -0.3 is 10.6 Å². The van der Waals surface area contributed by atoms with Gasteiger partial charge in [0.25, 0.3) is 5.91 Å². The van der Waals surface area contributed by atoms with Crippen LogP contribution >= 0.6 is 0 Å². The Morgan fingerprint density at radius 3 is 2.78 bits per heavy atom. The van der Waals surface area contributed by atoms with Crippen molar-refractivity contribution in [3.8, 4) is 0 Å². The smallest absolute Gasteiger partial charge is 0.263 e. The first-order valence-corrected chi connectivity index (χ1v) is 11.4. The predicted octanol–water partition coefficient (Wildman–Crippen LogP) is 3.65. The van der Waals surface area contributed by atoms with Gasteiger partial charge in [0.2, 0.25) is 0 Å². The Morgan fingerprint density at radius 2 is 2.09 bits per heavy atom. The molecule has 1 aromatic rings. The average molecular weight is 434 g/mol. The molecule has 168 valence electrons. The Labute approximate surface area is 189 Å². The predicted molar refractivity (Wildman–Crippen MR) is 126 cm³/mol. The molecule has 1 saturated carbocycles. The van der Waals surface area contributed by atoms with Gasteiger partial charge in [0.1, 0.15) is 17.5 Å². The molecule has 1 aliphatic carbocycles. The summed E-state index contributed by atoms with van der Waals surface area (Å²) in [6, 6.07) is 4.03. The Hall–Kier alpha value is -3.06. The zero-order valence-corrected chi connectivity index (χ0v) is 19.1. The number of carbonyl (C=O) groups excluding carboxylic acids is 2. The molecule has 1 amide bonds. The lowest BCUT2D eigenvalue weighted by Crippen LogP contribution is -2.49. The second kappa shape index (κ2) is 9.20. The molecular formula is C25H31N5O2. The maximum atomic E-state index is 13.4. The fourth-order valence-electron chi connectivity index (χ4n) is 4.90. The van der Waals surface area contributed by atoms with Crippen LogP contribution in [0.5, 0.6) is 0 Å². The van der Waals surface area contributed by atoms with Gasteiger partial charge in [-0.3, -0.25) is 14.5 Å². The van der Waals surface area contributed by atoms with E-state index in [1.54, 1.807) is 4.90 Å². The highest BCUT2D eigenvalue weighted by molar-refractivity contribution is 6.29. The van der Waals surface area contributed by atoms with Crippen molar-refractivity contribution in [2.24, 2.45) is 4.99 Å². The van der Waals surface area contributed by atoms with E-state index in [4.69, 9.17) is 9.98 Å². The molecule has 3 heterocycles. The number of amides is 1. The molecule has 0 unspecified atom stereocenters. The molecule has 3 aliphatic rings. The van der Waals surface area contributed by atoms with Crippen molar-refractivity contribution in [3.63, 3.8) is 0 Å². The molecule has 7 heteroatoms. The number of hydrogen-bond acceptors (Lipinski definition) is 6. The normalized spacial score (nSPS) is 22.0. The lowest BCUT2D eigenvalue weighted by molar-refractivity contribution is -0.127. The number of pyridine rings is 1. The van der Waals surface area contributed by atoms with Gasteiger partial charge in [-0.05, 0) is 50.8 Å². The number of carbonyl (C=O) groups is 2. The third kappa shape index (κ3) is 4.17. The van der Waals surface area contributed by atoms with Gasteiger partial charge in [-0.15, -0.1) is 0 Å². The zero-order chi connectivity index (χ0) is 22.8. The van der Waals surface area contributed by atoms with E-state index in [0.717, 1.165) is 56.5 Å². The molecule has 7 nitrogen and oxygen atoms in total. The fourth-order valence-corrected chi connectivity index (χ4v) is 4.90. The number of rotatable bonds is 5. The number of aliphatic imine (C=N–C) groups is 1. The largest absolute Gasteiger partial charge is 0.325 e. The van der Waals surface area contributed by atoms with Gasteiger partial charge in [-0.25, -0.2) is 9.98 Å². The molecule has 0 atom stereocenters. The zero-order valence-electron chi connectivity index (χ0n) is 19.1. The van der Waals surface area contributed by atoms with Crippen LogP contribution in [-0.2, 0) is 22.6 Å². The number of ketones is 1. The quantitative estimate of drug-likeness (QED) is 0.693. The van der Waals surface area contributed by atoms with Crippen LogP contribution in [0, 0.1) is 0 Å². The van der Waals surface area contributed by atoms with Crippen LogP contribution in [-0.4, -0.2) is 40.0 Å². The third-order valence-electron chi connectivity index (χ3n) is 6.45. The number of amidine groups is 1. The van der Waals surface area contributed by atoms with Gasteiger partial charge in [0.05, 0.1) is 5.57 Å². The van der Waals surface area contributed by atoms with Crippen molar-refractivity contribution < 1.29 is 9.59 Å². The van der Waals surface area contributed by atoms with Crippen molar-refractivity contribution in [3.05, 3.63) is 58.6 Å². The minimum absolute atomic E-state index is 0.0424. The van der Waals surface area contributed by atoms with Crippen LogP contribution in [0.3, 0.4) is 0 Å². The van der Waals surface area contributed by atoms with Gasteiger partial charge >= 0.3 is 0 Å². The standard InChI is InChI=1S/C25H31N5O2/c1-5-20-15(2)23(16(3)31)25(32)30(19-8-6-7-9-19)24(20)28-17(4)27-22-11-10-18-14-26-13-12-21(18)29-22/h5,10-11,19,26H,4,6-9,12-14H2,1-3H3,(H,27,29)/b20-5-,28-24+. The number of aromatic nitrogens is 1. The summed E-state index contributed by atoms with van der Waals surface area (Å²) < 4.78 is 0. The first-order valence-electron chi connectivity index (χ1n) is 11.4. The van der Waals surface area contributed by atoms with Crippen LogP contribution in [0.2, 0.25) is 0 Å². The maximum Gasteiger partial charge on any atom is 0.263 e. The van der Waals surface area contributed by atoms with Crippen LogP contribution in [0.15, 0.2) is 52.3 Å². The first-order chi connectivity index (χ1) is 15.4. The Balaban J connectivity index is 1.69. The molecule has 0 spiro atoms. The van der Waals surface area contributed by atoms with Crippen molar-refractivity contribution in [1.29, 1.82) is 0 Å². The number of nitrogens with one attached hydrogen (secondary N) is 2. The van der Waals surface area contributed by atoms with Gasteiger partial charge in [0, 0.05) is 36.8 Å². The highest BCUT2D eigenvalue weighted by Crippen LogP contribution is 2.34. The summed E-state index contributed by atoms with van der Waals surface area (Å²) in [5.41, 5.74) is 4.01. The topological polar surface area (TPSA) is 86.7 Å². The highest BCUT2D eigenvalue weighted by atomic mass is 16.2. The summed E-state index contributed by atoms with van der Waals surface area (Å²) >= 11 is 0. The van der Waals surface area contributed by atoms with Crippen LogP contribution in [0.4, 0.5) is 5.82 Å². The monoisotopic (exact) mass is 433 g/mol. The molecule has 2 aliphatic heterocycles. The van der Waals surface area contributed by atoms with Gasteiger partial charge in [-0.1, -0.05) is 31.6 Å². The van der Waals surface area contributed by atoms with E-state index in [9.17, 15) is 9.59 Å². The summed E-state index contributed by atoms with van der Waals surface area (Å²) in [5.74, 6) is 1.20. The minimum atomic E-state index is -0.251. The number of fused-ring (bicyclic) bond motifs is 1. The SMILES string of the molecule is C=C(/N=C1\C(=C/C)C(C)=C(C(C)=O)C(=O)N1C1CCCC1)Nc1ccc2c(n1)CCNC2. The summed E-state index contributed by atoms with van der Waals surface area (Å²) in [4.78, 5) is 36.9. The summed E-state index contributed by atoms with van der Waals surface area (Å²) in [6.45, 7) is 11.0. The number of Topliss-reactive ketones (excluding diaryl/α,β-unsaturated/α-hetero) is 1. The van der Waals surface area contributed by atoms with E-state index >= 15 is 0 Å². The average Bonchev–Trinajstić information content (AvgIpc) is 3.28.